The summed E-state index contributed by atoms with van der Waals surface area (Å²) in [5, 5.41) is 2.41. The number of halogens is 1. The third kappa shape index (κ3) is 4.31. The van der Waals surface area contributed by atoms with Gasteiger partial charge in [-0.1, -0.05) is 24.1 Å². The van der Waals surface area contributed by atoms with Crippen LogP contribution in [0.4, 0.5) is 5.69 Å². The van der Waals surface area contributed by atoms with Gasteiger partial charge in [-0.25, -0.2) is 4.79 Å². The van der Waals surface area contributed by atoms with E-state index in [1.807, 2.05) is 28.7 Å². The number of rotatable bonds is 2. The van der Waals surface area contributed by atoms with Gasteiger partial charge >= 0.3 is 11.9 Å². The Morgan fingerprint density at radius 2 is 2.00 bits per heavy atom. The molecule has 1 rings (SSSR count). The van der Waals surface area contributed by atoms with Gasteiger partial charge in [0.25, 0.3) is 0 Å². The third-order valence-corrected chi connectivity index (χ3v) is 1.94. The summed E-state index contributed by atoms with van der Waals surface area (Å²) in [6, 6.07) is 8.67. The fraction of sp³-hybridized carbons (Fsp3) is 0.0909. The van der Waals surface area contributed by atoms with Gasteiger partial charge in [0.1, 0.15) is 0 Å². The molecule has 0 aromatic heterocycles. The lowest BCUT2D eigenvalue weighted by molar-refractivity contribution is -0.151. The van der Waals surface area contributed by atoms with Crippen LogP contribution in [0.15, 0.2) is 30.3 Å². The normalized spacial score (nSPS) is 8.56. The first-order valence-corrected chi connectivity index (χ1v) is 5.43. The summed E-state index contributed by atoms with van der Waals surface area (Å²) in [6.07, 6.45) is 0. The SMILES string of the molecule is O=C(Nc1ccccc1)C(=O)OCC#CI. The Morgan fingerprint density at radius 1 is 1.31 bits per heavy atom. The molecule has 0 saturated carbocycles. The summed E-state index contributed by atoms with van der Waals surface area (Å²) < 4.78 is 7.11. The van der Waals surface area contributed by atoms with Crippen LogP contribution in [0.2, 0.25) is 0 Å². The second-order valence-corrected chi connectivity index (χ2v) is 3.21. The molecule has 0 radical (unpaired) electrons. The molecule has 0 fully saturated rings. The number of hydrogen-bond donors (Lipinski definition) is 1. The van der Waals surface area contributed by atoms with E-state index in [2.05, 4.69) is 19.9 Å². The van der Waals surface area contributed by atoms with Crippen molar-refractivity contribution in [2.75, 3.05) is 11.9 Å². The molecule has 5 heteroatoms. The Kier molecular flexibility index (Phi) is 5.36. The number of carbonyl (C=O) groups is 2. The lowest BCUT2D eigenvalue weighted by Gasteiger charge is -2.03. The average Bonchev–Trinajstić information content (AvgIpc) is 2.30. The highest BCUT2D eigenvalue weighted by molar-refractivity contribution is 14.1. The van der Waals surface area contributed by atoms with Gasteiger partial charge < -0.3 is 10.1 Å². The fourth-order valence-electron chi connectivity index (χ4n) is 0.898. The predicted octanol–water partition coefficient (Wildman–Crippen LogP) is 1.56. The molecular weight excluding hydrogens is 321 g/mol. The molecule has 0 aliphatic heterocycles. The van der Waals surface area contributed by atoms with Crippen LogP contribution in [0, 0.1) is 9.85 Å². The smallest absolute Gasteiger partial charge is 0.398 e. The highest BCUT2D eigenvalue weighted by atomic mass is 127. The molecule has 0 heterocycles. The zero-order valence-electron chi connectivity index (χ0n) is 8.20. The molecule has 1 amide bonds. The van der Waals surface area contributed by atoms with Crippen LogP contribution in [0.1, 0.15) is 0 Å². The molecule has 0 saturated heterocycles. The maximum absolute atomic E-state index is 11.3. The number of nitrogens with one attached hydrogen (secondary N) is 1. The summed E-state index contributed by atoms with van der Waals surface area (Å²) >= 11 is 1.82. The van der Waals surface area contributed by atoms with Crippen LogP contribution in [0.25, 0.3) is 0 Å². The van der Waals surface area contributed by atoms with E-state index in [0.717, 1.165) is 0 Å². The lowest BCUT2D eigenvalue weighted by Crippen LogP contribution is -2.25. The summed E-state index contributed by atoms with van der Waals surface area (Å²) in [7, 11) is 0. The molecule has 0 spiro atoms. The highest BCUT2D eigenvalue weighted by Gasteiger charge is 2.14. The second-order valence-electron chi connectivity index (χ2n) is 2.67. The van der Waals surface area contributed by atoms with E-state index in [-0.39, 0.29) is 6.61 Å². The Labute approximate surface area is 107 Å². The number of anilines is 1. The van der Waals surface area contributed by atoms with Crippen LogP contribution in [0.5, 0.6) is 0 Å². The van der Waals surface area contributed by atoms with Gasteiger partial charge in [-0.15, -0.1) is 0 Å². The van der Waals surface area contributed by atoms with Crippen molar-refractivity contribution in [3.8, 4) is 9.85 Å². The van der Waals surface area contributed by atoms with Crippen molar-refractivity contribution in [3.63, 3.8) is 0 Å². The minimum Gasteiger partial charge on any atom is -0.445 e. The summed E-state index contributed by atoms with van der Waals surface area (Å²) in [4.78, 5) is 22.4. The summed E-state index contributed by atoms with van der Waals surface area (Å²) in [5.41, 5.74) is 0.546. The standard InChI is InChI=1S/C11H8INO3/c12-7-4-8-16-11(15)10(14)13-9-5-2-1-3-6-9/h1-3,5-6H,8H2,(H,13,14). The van der Waals surface area contributed by atoms with E-state index in [1.165, 1.54) is 0 Å². The molecule has 0 aliphatic rings. The maximum atomic E-state index is 11.3. The highest BCUT2D eigenvalue weighted by Crippen LogP contribution is 2.04. The van der Waals surface area contributed by atoms with Gasteiger partial charge in [0.2, 0.25) is 0 Å². The fourth-order valence-corrected chi connectivity index (χ4v) is 1.05. The molecular formula is C11H8INO3. The first kappa shape index (κ1) is 12.5. The summed E-state index contributed by atoms with van der Waals surface area (Å²) in [5.74, 6) is 0.766. The largest absolute Gasteiger partial charge is 0.445 e. The van der Waals surface area contributed by atoms with Crippen molar-refractivity contribution in [1.82, 2.24) is 0 Å². The maximum Gasteiger partial charge on any atom is 0.398 e. The van der Waals surface area contributed by atoms with Crippen molar-refractivity contribution in [2.45, 2.75) is 0 Å². The molecule has 16 heavy (non-hydrogen) atoms. The van der Waals surface area contributed by atoms with E-state index >= 15 is 0 Å². The Balaban J connectivity index is 2.45. The van der Waals surface area contributed by atoms with E-state index < -0.39 is 11.9 Å². The predicted molar refractivity (Wildman–Crippen MR) is 67.8 cm³/mol. The average molecular weight is 329 g/mol. The molecule has 1 aromatic carbocycles. The van der Waals surface area contributed by atoms with Gasteiger partial charge in [-0.3, -0.25) is 4.79 Å². The van der Waals surface area contributed by atoms with Gasteiger partial charge in [0, 0.05) is 28.3 Å². The Morgan fingerprint density at radius 3 is 2.62 bits per heavy atom. The number of carbonyl (C=O) groups excluding carboxylic acids is 2. The Bertz CT molecular complexity index is 434. The molecule has 1 aromatic rings. The zero-order valence-corrected chi connectivity index (χ0v) is 10.4. The topological polar surface area (TPSA) is 55.4 Å². The monoisotopic (exact) mass is 329 g/mol. The Hall–Kier alpha value is -1.55. The molecule has 0 bridgehead atoms. The van der Waals surface area contributed by atoms with Gasteiger partial charge in [0.05, 0.1) is 0 Å². The molecule has 0 unspecified atom stereocenters. The first-order chi connectivity index (χ1) is 7.74. The van der Waals surface area contributed by atoms with Crippen molar-refractivity contribution in [3.05, 3.63) is 30.3 Å². The number of para-hydroxylation sites is 1. The van der Waals surface area contributed by atoms with Crippen LogP contribution in [-0.4, -0.2) is 18.5 Å². The number of esters is 1. The molecule has 1 N–H and O–H groups in total. The van der Waals surface area contributed by atoms with Crippen molar-refractivity contribution < 1.29 is 14.3 Å². The van der Waals surface area contributed by atoms with Crippen LogP contribution >= 0.6 is 22.6 Å². The van der Waals surface area contributed by atoms with Crippen LogP contribution in [-0.2, 0) is 14.3 Å². The number of hydrogen-bond acceptors (Lipinski definition) is 3. The van der Waals surface area contributed by atoms with Gasteiger partial charge in [-0.05, 0) is 16.1 Å². The first-order valence-electron chi connectivity index (χ1n) is 4.35. The number of amides is 1. The number of benzene rings is 1. The third-order valence-electron chi connectivity index (χ3n) is 1.56. The van der Waals surface area contributed by atoms with Crippen molar-refractivity contribution >= 4 is 40.2 Å². The van der Waals surface area contributed by atoms with E-state index in [9.17, 15) is 9.59 Å². The molecule has 82 valence electrons. The van der Waals surface area contributed by atoms with E-state index in [4.69, 9.17) is 0 Å². The number of ether oxygens (including phenoxy) is 1. The molecule has 0 aliphatic carbocycles. The summed E-state index contributed by atoms with van der Waals surface area (Å²) in [6.45, 7) is -0.0794. The molecule has 4 nitrogen and oxygen atoms in total. The van der Waals surface area contributed by atoms with Gasteiger partial charge in [0.15, 0.2) is 6.61 Å². The second kappa shape index (κ2) is 6.85. The van der Waals surface area contributed by atoms with Crippen molar-refractivity contribution in [1.29, 1.82) is 0 Å². The van der Waals surface area contributed by atoms with Crippen molar-refractivity contribution in [2.24, 2.45) is 0 Å². The van der Waals surface area contributed by atoms with E-state index in [1.54, 1.807) is 24.3 Å². The molecule has 0 atom stereocenters. The lowest BCUT2D eigenvalue weighted by atomic mass is 10.3. The minimum atomic E-state index is -0.942. The zero-order chi connectivity index (χ0) is 11.8. The van der Waals surface area contributed by atoms with Crippen LogP contribution in [0.3, 0.4) is 0 Å². The quantitative estimate of drug-likeness (QED) is 0.388. The van der Waals surface area contributed by atoms with E-state index in [0.29, 0.717) is 5.69 Å². The van der Waals surface area contributed by atoms with Crippen LogP contribution < -0.4 is 5.32 Å². The minimum absolute atomic E-state index is 0.0794. The van der Waals surface area contributed by atoms with Gasteiger partial charge in [-0.2, -0.15) is 0 Å².